The molecule has 0 radical (unpaired) electrons. The fraction of sp³-hybridized carbons (Fsp3) is 0.500. The van der Waals surface area contributed by atoms with E-state index < -0.39 is 5.97 Å². The molecule has 0 aromatic carbocycles. The van der Waals surface area contributed by atoms with Gasteiger partial charge in [0.25, 0.3) is 5.97 Å². The molecule has 0 aliphatic rings. The van der Waals surface area contributed by atoms with Gasteiger partial charge < -0.3 is 5.11 Å². The standard InChI is InChI=1S/C2H4O2.Al.Ba.5H/c1-2(3)4;;;;;;;/h1H3,(H,3,4);;;;;;;. The van der Waals surface area contributed by atoms with E-state index in [4.69, 9.17) is 9.90 Å². The van der Waals surface area contributed by atoms with Crippen molar-refractivity contribution in [2.75, 3.05) is 0 Å². The van der Waals surface area contributed by atoms with Crippen molar-refractivity contribution < 1.29 is 9.90 Å². The summed E-state index contributed by atoms with van der Waals surface area (Å²) in [6, 6.07) is 0. The van der Waals surface area contributed by atoms with Gasteiger partial charge in [0.15, 0.2) is 17.4 Å². The third-order valence-corrected chi connectivity index (χ3v) is 0. The van der Waals surface area contributed by atoms with Crippen molar-refractivity contribution in [3.8, 4) is 0 Å². The Bertz CT molecular complexity index is 34.5. The fourth-order valence-corrected chi connectivity index (χ4v) is 0. The van der Waals surface area contributed by atoms with E-state index in [1.807, 2.05) is 0 Å². The first-order valence-electron chi connectivity index (χ1n) is 0.928. The second kappa shape index (κ2) is 9.76. The van der Waals surface area contributed by atoms with Crippen molar-refractivity contribution in [2.45, 2.75) is 6.92 Å². The second-order valence-electron chi connectivity index (χ2n) is 0.519. The summed E-state index contributed by atoms with van der Waals surface area (Å²) in [5, 5.41) is 7.42. The Morgan fingerprint density at radius 2 is 1.67 bits per heavy atom. The summed E-state index contributed by atoms with van der Waals surface area (Å²) in [6.45, 7) is 1.08. The number of carboxylic acid groups (broad SMARTS) is 1. The Morgan fingerprint density at radius 3 is 1.67 bits per heavy atom. The molecule has 4 heteroatoms. The molecule has 0 bridgehead atoms. The average molecular weight is 229 g/mol. The van der Waals surface area contributed by atoms with Gasteiger partial charge in [0.05, 0.1) is 0 Å². The van der Waals surface area contributed by atoms with Gasteiger partial charge in [-0.3, -0.25) is 4.79 Å². The Morgan fingerprint density at radius 1 is 1.67 bits per heavy atom. The van der Waals surface area contributed by atoms with Crippen LogP contribution in [0.2, 0.25) is 0 Å². The van der Waals surface area contributed by atoms with Crippen LogP contribution in [0.5, 0.6) is 0 Å². The first-order valence-corrected chi connectivity index (χ1v) is 0.928. The summed E-state index contributed by atoms with van der Waals surface area (Å²) in [5.74, 6) is -0.833. The van der Waals surface area contributed by atoms with E-state index in [1.165, 1.54) is 0 Å². The molecule has 0 aromatic heterocycles. The molecule has 0 atom stereocenters. The third-order valence-electron chi connectivity index (χ3n) is 0. The van der Waals surface area contributed by atoms with Gasteiger partial charge in [-0.1, -0.05) is 0 Å². The van der Waals surface area contributed by atoms with Gasteiger partial charge in [0, 0.05) is 6.92 Å². The van der Waals surface area contributed by atoms with E-state index in [9.17, 15) is 0 Å². The van der Waals surface area contributed by atoms with Crippen LogP contribution in [-0.4, -0.2) is 77.3 Å². The molecule has 0 unspecified atom stereocenters. The Balaban J connectivity index is -0.0000000450. The SMILES string of the molecule is CC(=O)O.[AlH3].[BaH2]. The molecule has 0 aliphatic carbocycles. The number of hydrogen-bond acceptors (Lipinski definition) is 1. The van der Waals surface area contributed by atoms with Crippen LogP contribution in [0.1, 0.15) is 6.92 Å². The summed E-state index contributed by atoms with van der Waals surface area (Å²) in [5.41, 5.74) is 0. The van der Waals surface area contributed by atoms with Gasteiger partial charge >= 0.3 is 48.9 Å². The Kier molecular flexibility index (Phi) is 25.5. The zero-order chi connectivity index (χ0) is 3.58. The summed E-state index contributed by atoms with van der Waals surface area (Å²) < 4.78 is 0. The number of carbonyl (C=O) groups is 1. The third kappa shape index (κ3) is 47.1. The van der Waals surface area contributed by atoms with Crippen LogP contribution in [0.4, 0.5) is 0 Å². The number of hydrogen-bond donors (Lipinski definition) is 1. The van der Waals surface area contributed by atoms with Gasteiger partial charge in [0.2, 0.25) is 0 Å². The molecule has 0 aliphatic heterocycles. The normalized spacial score (nSPS) is 4.17. The molecule has 0 saturated heterocycles. The number of aliphatic carboxylic acids is 1. The fourth-order valence-electron chi connectivity index (χ4n) is 0. The van der Waals surface area contributed by atoms with Crippen molar-refractivity contribution in [3.63, 3.8) is 0 Å². The maximum absolute atomic E-state index is 9.00. The number of rotatable bonds is 0. The molecule has 34 valence electrons. The first-order chi connectivity index (χ1) is 1.73. The van der Waals surface area contributed by atoms with Crippen LogP contribution in [0.25, 0.3) is 0 Å². The van der Waals surface area contributed by atoms with E-state index in [1.54, 1.807) is 0 Å². The van der Waals surface area contributed by atoms with Crippen molar-refractivity contribution in [3.05, 3.63) is 0 Å². The molecule has 0 fully saturated rings. The van der Waals surface area contributed by atoms with E-state index in [0.717, 1.165) is 6.92 Å². The molecule has 1 N–H and O–H groups in total. The monoisotopic (exact) mass is 230 g/mol. The topological polar surface area (TPSA) is 37.3 Å². The van der Waals surface area contributed by atoms with E-state index >= 15 is 0 Å². The molecule has 0 saturated carbocycles. The van der Waals surface area contributed by atoms with Gasteiger partial charge in [0.1, 0.15) is 0 Å². The van der Waals surface area contributed by atoms with E-state index in [2.05, 4.69) is 0 Å². The first kappa shape index (κ1) is 15.6. The van der Waals surface area contributed by atoms with Crippen LogP contribution in [-0.2, 0) is 4.79 Å². The van der Waals surface area contributed by atoms with Gasteiger partial charge in [-0.15, -0.1) is 0 Å². The number of carboxylic acids is 1. The molecule has 6 heavy (non-hydrogen) atoms. The van der Waals surface area contributed by atoms with Crippen LogP contribution in [0.15, 0.2) is 0 Å². The van der Waals surface area contributed by atoms with Crippen molar-refractivity contribution in [1.29, 1.82) is 0 Å². The Labute approximate surface area is 87.5 Å². The molecule has 0 aromatic rings. The van der Waals surface area contributed by atoms with Crippen LogP contribution in [0, 0.1) is 0 Å². The molecule has 0 rings (SSSR count). The average Bonchev–Trinajstić information content (AvgIpc) is 0.811. The summed E-state index contributed by atoms with van der Waals surface area (Å²) in [7, 11) is 0. The van der Waals surface area contributed by atoms with Crippen LogP contribution >= 0.6 is 0 Å². The van der Waals surface area contributed by atoms with Crippen molar-refractivity contribution >= 4 is 72.2 Å². The molecule has 0 amide bonds. The summed E-state index contributed by atoms with van der Waals surface area (Å²) in [6.07, 6.45) is 0. The zero-order valence-electron chi connectivity index (χ0n) is 2.36. The molecule has 0 spiro atoms. The maximum atomic E-state index is 9.00. The second-order valence-corrected chi connectivity index (χ2v) is 0.519. The quantitative estimate of drug-likeness (QED) is 0.488. The van der Waals surface area contributed by atoms with Crippen LogP contribution < -0.4 is 0 Å². The predicted molar refractivity (Wildman–Crippen MR) is 31.8 cm³/mol. The van der Waals surface area contributed by atoms with E-state index in [0.29, 0.717) is 0 Å². The van der Waals surface area contributed by atoms with Crippen molar-refractivity contribution in [2.24, 2.45) is 0 Å². The van der Waals surface area contributed by atoms with Gasteiger partial charge in [-0.05, 0) is 0 Å². The minimum atomic E-state index is -0.833. The Hall–Kier alpha value is 1.57. The minimum absolute atomic E-state index is 0. The summed E-state index contributed by atoms with van der Waals surface area (Å²) in [4.78, 5) is 9.00. The zero-order valence-corrected chi connectivity index (χ0v) is 2.36. The molecular weight excluding hydrogens is 220 g/mol. The molecule has 0 heterocycles. The van der Waals surface area contributed by atoms with Crippen LogP contribution in [0.3, 0.4) is 0 Å². The van der Waals surface area contributed by atoms with Gasteiger partial charge in [-0.2, -0.15) is 0 Å². The molecule has 2 nitrogen and oxygen atoms in total. The summed E-state index contributed by atoms with van der Waals surface area (Å²) >= 11 is 0. The predicted octanol–water partition coefficient (Wildman–Crippen LogP) is -2.01. The van der Waals surface area contributed by atoms with Crippen molar-refractivity contribution in [1.82, 2.24) is 0 Å². The van der Waals surface area contributed by atoms with E-state index in [-0.39, 0.29) is 66.2 Å². The molecular formula is C2H9AlBaO2. The van der Waals surface area contributed by atoms with Gasteiger partial charge in [-0.25, -0.2) is 0 Å².